The van der Waals surface area contributed by atoms with E-state index < -0.39 is 0 Å². The van der Waals surface area contributed by atoms with Gasteiger partial charge >= 0.3 is 0 Å². The molecule has 4 fully saturated rings. The second-order valence-electron chi connectivity index (χ2n) is 14.5. The number of aryl methyl sites for hydroxylation is 1. The molecule has 0 unspecified atom stereocenters. The van der Waals surface area contributed by atoms with Crippen molar-refractivity contribution in [3.8, 4) is 0 Å². The summed E-state index contributed by atoms with van der Waals surface area (Å²) in [5.41, 5.74) is 3.46. The van der Waals surface area contributed by atoms with Gasteiger partial charge in [0.1, 0.15) is 0 Å². The maximum atomic E-state index is 13.3. The Morgan fingerprint density at radius 1 is 1.08 bits per heavy atom. The molecule has 5 aliphatic rings. The Kier molecular flexibility index (Phi) is 6.76. The lowest BCUT2D eigenvalue weighted by atomic mass is 9.43. The smallest absolute Gasteiger partial charge is 0.227 e. The lowest BCUT2D eigenvalue weighted by Gasteiger charge is -2.63. The highest BCUT2D eigenvalue weighted by atomic mass is 16.3. The van der Waals surface area contributed by atoms with Gasteiger partial charge in [0.25, 0.3) is 0 Å². The summed E-state index contributed by atoms with van der Waals surface area (Å²) in [7, 11) is 0. The highest BCUT2D eigenvalue weighted by Gasteiger charge is 2.65. The number of aliphatic hydroxyl groups is 3. The van der Waals surface area contributed by atoms with Crippen LogP contribution in [0.25, 0.3) is 0 Å². The normalized spacial score (nSPS) is 44.7. The Labute approximate surface area is 229 Å². The number of carbonyl (C=O) groups excluding carboxylic acids is 1. The predicted molar refractivity (Wildman–Crippen MR) is 150 cm³/mol. The van der Waals surface area contributed by atoms with E-state index in [9.17, 15) is 20.1 Å². The highest BCUT2D eigenvalue weighted by molar-refractivity contribution is 5.95. The Balaban J connectivity index is 1.16. The zero-order chi connectivity index (χ0) is 27.0. The molecule has 1 aliphatic heterocycles. The summed E-state index contributed by atoms with van der Waals surface area (Å²) in [6.07, 6.45) is 7.74. The van der Waals surface area contributed by atoms with Gasteiger partial charge in [0.2, 0.25) is 5.91 Å². The van der Waals surface area contributed by atoms with E-state index in [1.54, 1.807) is 0 Å². The molecule has 5 heteroatoms. The average Bonchev–Trinajstić information content (AvgIpc) is 3.45. The molecule has 38 heavy (non-hydrogen) atoms. The Hall–Kier alpha value is -1.43. The highest BCUT2D eigenvalue weighted by Crippen LogP contribution is 2.68. The third-order valence-corrected chi connectivity index (χ3v) is 12.8. The number of hydrogen-bond donors (Lipinski definition) is 3. The van der Waals surface area contributed by atoms with Gasteiger partial charge in [-0.05, 0) is 128 Å². The first kappa shape index (κ1) is 26.8. The van der Waals surface area contributed by atoms with Crippen LogP contribution in [0.5, 0.6) is 0 Å². The van der Waals surface area contributed by atoms with Gasteiger partial charge in [0, 0.05) is 18.7 Å². The number of nitrogens with zero attached hydrogens (tertiary/aromatic N) is 1. The van der Waals surface area contributed by atoms with Gasteiger partial charge in [-0.1, -0.05) is 32.9 Å². The quantitative estimate of drug-likeness (QED) is 0.503. The molecular formula is C33H49NO4. The number of hydrogen-bond acceptors (Lipinski definition) is 4. The van der Waals surface area contributed by atoms with E-state index in [1.807, 2.05) is 4.90 Å². The summed E-state index contributed by atoms with van der Waals surface area (Å²) in [5, 5.41) is 33.7. The van der Waals surface area contributed by atoms with Crippen LogP contribution in [0.2, 0.25) is 0 Å². The van der Waals surface area contributed by atoms with Crippen LogP contribution in [0.4, 0.5) is 5.69 Å². The minimum Gasteiger partial charge on any atom is -0.393 e. The molecule has 11 atom stereocenters. The van der Waals surface area contributed by atoms with Crippen LogP contribution in [-0.4, -0.2) is 46.1 Å². The summed E-state index contributed by atoms with van der Waals surface area (Å²) in [4.78, 5) is 15.3. The minimum atomic E-state index is -0.373. The molecule has 1 amide bonds. The SMILES string of the molecule is Cc1ccc2c(c1)N(C(=O)CC[C@@H](C)[C@H]1CC[C@H]3[C@@H]4[C@H](O)C[C@@H]5C[C@H](O)CC[C@]5(C)[C@H]4C[C@H](O)[C@]13C)CC2. The lowest BCUT2D eigenvalue weighted by Crippen LogP contribution is -2.62. The van der Waals surface area contributed by atoms with Crippen LogP contribution in [0.15, 0.2) is 18.2 Å². The predicted octanol–water partition coefficient (Wildman–Crippen LogP) is 5.26. The molecule has 210 valence electrons. The van der Waals surface area contributed by atoms with E-state index in [2.05, 4.69) is 45.9 Å². The molecule has 5 nitrogen and oxygen atoms in total. The topological polar surface area (TPSA) is 81.0 Å². The second-order valence-corrected chi connectivity index (χ2v) is 14.5. The molecule has 1 heterocycles. The number of aliphatic hydroxyl groups excluding tert-OH is 3. The maximum Gasteiger partial charge on any atom is 0.227 e. The minimum absolute atomic E-state index is 0.103. The fraction of sp³-hybridized carbons (Fsp3) is 0.788. The molecule has 0 radical (unpaired) electrons. The van der Waals surface area contributed by atoms with Gasteiger partial charge in [-0.15, -0.1) is 0 Å². The van der Waals surface area contributed by atoms with Crippen LogP contribution in [-0.2, 0) is 11.2 Å². The standard InChI is InChI=1S/C33H49NO4/c1-19-5-7-21-12-14-34(27(21)15-19)30(38)10-6-20(2)24-8-9-25-31-26(18-29(37)33(24,25)4)32(3)13-11-23(35)16-22(32)17-28(31)36/h5,7,15,20,22-26,28-29,31,35-37H,6,8-14,16-18H2,1-4H3/t20-,22+,23-,24-,25+,26+,28-,29+,31+,32+,33-/m1/s1. The first-order chi connectivity index (χ1) is 18.0. The third kappa shape index (κ3) is 4.01. The van der Waals surface area contributed by atoms with E-state index in [-0.39, 0.29) is 41.0 Å². The monoisotopic (exact) mass is 523 g/mol. The van der Waals surface area contributed by atoms with Crippen molar-refractivity contribution in [1.29, 1.82) is 0 Å². The number of rotatable bonds is 4. The van der Waals surface area contributed by atoms with E-state index in [4.69, 9.17) is 0 Å². The van der Waals surface area contributed by atoms with Crippen molar-refractivity contribution < 1.29 is 20.1 Å². The maximum absolute atomic E-state index is 13.3. The van der Waals surface area contributed by atoms with Gasteiger partial charge in [-0.3, -0.25) is 4.79 Å². The number of amides is 1. The van der Waals surface area contributed by atoms with Crippen molar-refractivity contribution in [3.05, 3.63) is 29.3 Å². The van der Waals surface area contributed by atoms with Crippen LogP contribution < -0.4 is 4.90 Å². The van der Waals surface area contributed by atoms with Crippen molar-refractivity contribution in [3.63, 3.8) is 0 Å². The van der Waals surface area contributed by atoms with E-state index in [0.29, 0.717) is 36.0 Å². The summed E-state index contributed by atoms with van der Waals surface area (Å²) < 4.78 is 0. The Morgan fingerprint density at radius 3 is 2.66 bits per heavy atom. The Bertz CT molecular complexity index is 1070. The van der Waals surface area contributed by atoms with Gasteiger partial charge in [-0.2, -0.15) is 0 Å². The number of carbonyl (C=O) groups is 1. The number of benzene rings is 1. The van der Waals surface area contributed by atoms with Gasteiger partial charge in [0.05, 0.1) is 18.3 Å². The van der Waals surface area contributed by atoms with Gasteiger partial charge in [0.15, 0.2) is 0 Å². The first-order valence-electron chi connectivity index (χ1n) is 15.5. The van der Waals surface area contributed by atoms with Crippen molar-refractivity contribution in [2.45, 2.75) is 110 Å². The van der Waals surface area contributed by atoms with Crippen LogP contribution >= 0.6 is 0 Å². The molecule has 4 aliphatic carbocycles. The molecule has 0 bridgehead atoms. The molecule has 4 saturated carbocycles. The fourth-order valence-corrected chi connectivity index (χ4v) is 10.6. The van der Waals surface area contributed by atoms with Crippen molar-refractivity contribution >= 4 is 11.6 Å². The number of fused-ring (bicyclic) bond motifs is 6. The van der Waals surface area contributed by atoms with E-state index in [0.717, 1.165) is 70.0 Å². The van der Waals surface area contributed by atoms with E-state index >= 15 is 0 Å². The summed E-state index contributed by atoms with van der Waals surface area (Å²) >= 11 is 0. The summed E-state index contributed by atoms with van der Waals surface area (Å²) in [6.45, 7) is 9.86. The molecule has 6 rings (SSSR count). The summed E-state index contributed by atoms with van der Waals surface area (Å²) in [5.74, 6) is 2.19. The average molecular weight is 524 g/mol. The lowest BCUT2D eigenvalue weighted by molar-refractivity contribution is -0.207. The molecule has 0 aromatic heterocycles. The number of anilines is 1. The molecule has 1 aromatic carbocycles. The fourth-order valence-electron chi connectivity index (χ4n) is 10.6. The van der Waals surface area contributed by atoms with E-state index in [1.165, 1.54) is 11.1 Å². The zero-order valence-electron chi connectivity index (χ0n) is 23.9. The van der Waals surface area contributed by atoms with Gasteiger partial charge < -0.3 is 20.2 Å². The molecule has 0 saturated heterocycles. The third-order valence-electron chi connectivity index (χ3n) is 12.8. The molecular weight excluding hydrogens is 474 g/mol. The van der Waals surface area contributed by atoms with Crippen molar-refractivity contribution in [1.82, 2.24) is 0 Å². The summed E-state index contributed by atoms with van der Waals surface area (Å²) in [6, 6.07) is 6.44. The largest absolute Gasteiger partial charge is 0.393 e. The molecule has 1 aromatic rings. The van der Waals surface area contributed by atoms with Crippen LogP contribution in [0.1, 0.15) is 89.7 Å². The second kappa shape index (κ2) is 9.59. The zero-order valence-corrected chi connectivity index (χ0v) is 23.9. The Morgan fingerprint density at radius 2 is 1.87 bits per heavy atom. The molecule has 3 N–H and O–H groups in total. The molecule has 0 spiro atoms. The van der Waals surface area contributed by atoms with Crippen LogP contribution in [0.3, 0.4) is 0 Å². The van der Waals surface area contributed by atoms with Crippen molar-refractivity contribution in [2.24, 2.45) is 46.3 Å². The van der Waals surface area contributed by atoms with Crippen LogP contribution in [0, 0.1) is 53.3 Å². The first-order valence-corrected chi connectivity index (χ1v) is 15.5. The van der Waals surface area contributed by atoms with Gasteiger partial charge in [-0.25, -0.2) is 0 Å². The van der Waals surface area contributed by atoms with Crippen molar-refractivity contribution in [2.75, 3.05) is 11.4 Å².